The van der Waals surface area contributed by atoms with Crippen molar-refractivity contribution in [1.29, 1.82) is 0 Å². The van der Waals surface area contributed by atoms with Gasteiger partial charge in [-0.1, -0.05) is 62.4 Å². The fraction of sp³-hybridized carbons (Fsp3) is 0.286. The molecule has 2 aromatic heterocycles. The van der Waals surface area contributed by atoms with E-state index in [1.165, 1.54) is 18.6 Å². The Hall–Kier alpha value is -4.20. The average Bonchev–Trinajstić information content (AvgIpc) is 3.22. The fourth-order valence-corrected chi connectivity index (χ4v) is 4.00. The Morgan fingerprint density at radius 3 is 2.33 bits per heavy atom. The number of methoxy groups -OCH3 is 1. The molecule has 0 bridgehead atoms. The van der Waals surface area contributed by atoms with Crippen molar-refractivity contribution < 1.29 is 23.8 Å². The highest BCUT2D eigenvalue weighted by Gasteiger charge is 2.21. The minimum absolute atomic E-state index is 0.171. The van der Waals surface area contributed by atoms with Crippen LogP contribution in [0.1, 0.15) is 43.3 Å². The summed E-state index contributed by atoms with van der Waals surface area (Å²) >= 11 is 0. The van der Waals surface area contributed by atoms with Gasteiger partial charge in [0.15, 0.2) is 0 Å². The number of hydrogen-bond acceptors (Lipinski definition) is 7. The molecular formula is C28H29N3O5. The Labute approximate surface area is 209 Å². The predicted octanol–water partition coefficient (Wildman–Crippen LogP) is 5.34. The Morgan fingerprint density at radius 1 is 0.944 bits per heavy atom. The Balaban J connectivity index is 1.68. The summed E-state index contributed by atoms with van der Waals surface area (Å²) in [6.45, 7) is 5.60. The van der Waals surface area contributed by atoms with Gasteiger partial charge in [0.1, 0.15) is 18.0 Å². The summed E-state index contributed by atoms with van der Waals surface area (Å²) in [5.74, 6) is 0.343. The molecule has 0 saturated heterocycles. The van der Waals surface area contributed by atoms with Crippen molar-refractivity contribution in [2.75, 3.05) is 7.11 Å². The van der Waals surface area contributed by atoms with E-state index < -0.39 is 12.1 Å². The van der Waals surface area contributed by atoms with Crippen LogP contribution in [0, 0.1) is 5.92 Å². The first-order chi connectivity index (χ1) is 17.4. The molecular weight excluding hydrogens is 458 g/mol. The molecule has 0 radical (unpaired) electrons. The van der Waals surface area contributed by atoms with E-state index in [4.69, 9.17) is 14.2 Å². The van der Waals surface area contributed by atoms with Gasteiger partial charge in [0.25, 0.3) is 0 Å². The van der Waals surface area contributed by atoms with Crippen LogP contribution in [-0.4, -0.2) is 33.7 Å². The highest BCUT2D eigenvalue weighted by Crippen LogP contribution is 2.29. The van der Waals surface area contributed by atoms with E-state index in [2.05, 4.69) is 9.97 Å². The lowest BCUT2D eigenvalue weighted by atomic mass is 10.1. The summed E-state index contributed by atoms with van der Waals surface area (Å²) in [6.07, 6.45) is 2.16. The zero-order valence-corrected chi connectivity index (χ0v) is 20.9. The van der Waals surface area contributed by atoms with E-state index >= 15 is 0 Å². The second-order valence-electron chi connectivity index (χ2n) is 8.88. The van der Waals surface area contributed by atoms with Crippen molar-refractivity contribution in [3.05, 3.63) is 83.3 Å². The van der Waals surface area contributed by atoms with Crippen molar-refractivity contribution in [2.24, 2.45) is 5.92 Å². The highest BCUT2D eigenvalue weighted by atomic mass is 16.6. The largest absolute Gasteiger partial charge is 0.480 e. The summed E-state index contributed by atoms with van der Waals surface area (Å²) in [5, 5.41) is 0.873. The number of rotatable bonds is 8. The van der Waals surface area contributed by atoms with Crippen LogP contribution in [0.2, 0.25) is 0 Å². The monoisotopic (exact) mass is 487 g/mol. The first kappa shape index (κ1) is 24.9. The second kappa shape index (κ2) is 11.0. The van der Waals surface area contributed by atoms with Crippen LogP contribution in [0.5, 0.6) is 11.8 Å². The Bertz CT molecular complexity index is 1380. The molecule has 186 valence electrons. The normalized spacial score (nSPS) is 11.0. The summed E-state index contributed by atoms with van der Waals surface area (Å²) in [5.41, 5.74) is 3.52. The second-order valence-corrected chi connectivity index (χ2v) is 8.88. The maximum absolute atomic E-state index is 13.0. The smallest absolute Gasteiger partial charge is 0.418 e. The fourth-order valence-electron chi connectivity index (χ4n) is 4.00. The standard InChI is InChI=1S/C28H29N3O5/c1-18(2)14-23-27(36-19(3)32)30-24(26(29-23)34-4)15-21-16-31(25-13-9-8-12-22(21)25)28(33)35-17-20-10-6-5-7-11-20/h5-13,16,18H,14-15,17H2,1-4H3. The molecule has 2 aromatic carbocycles. The molecule has 0 spiro atoms. The molecule has 4 rings (SSSR count). The van der Waals surface area contributed by atoms with E-state index in [9.17, 15) is 9.59 Å². The van der Waals surface area contributed by atoms with Crippen molar-refractivity contribution in [3.63, 3.8) is 0 Å². The topological polar surface area (TPSA) is 92.5 Å². The van der Waals surface area contributed by atoms with Gasteiger partial charge in [-0.2, -0.15) is 0 Å². The first-order valence-electron chi connectivity index (χ1n) is 11.8. The third kappa shape index (κ3) is 5.71. The number of nitrogens with zero attached hydrogens (tertiary/aromatic N) is 3. The van der Waals surface area contributed by atoms with E-state index in [1.54, 1.807) is 6.20 Å². The Kier molecular flexibility index (Phi) is 7.63. The van der Waals surface area contributed by atoms with Gasteiger partial charge in [0.05, 0.1) is 12.6 Å². The maximum atomic E-state index is 13.0. The molecule has 36 heavy (non-hydrogen) atoms. The molecule has 0 N–H and O–H groups in total. The average molecular weight is 488 g/mol. The van der Waals surface area contributed by atoms with Crippen LogP contribution in [0.3, 0.4) is 0 Å². The SMILES string of the molecule is COc1nc(CC(C)C)c(OC(C)=O)nc1Cc1cn(C(=O)OCc2ccccc2)c2ccccc12. The third-order valence-corrected chi connectivity index (χ3v) is 5.56. The third-order valence-electron chi connectivity index (χ3n) is 5.56. The zero-order valence-electron chi connectivity index (χ0n) is 20.9. The summed E-state index contributed by atoms with van der Waals surface area (Å²) in [7, 11) is 1.53. The molecule has 0 amide bonds. The number of ether oxygens (including phenoxy) is 3. The van der Waals surface area contributed by atoms with Gasteiger partial charge in [0, 0.05) is 24.9 Å². The summed E-state index contributed by atoms with van der Waals surface area (Å²) < 4.78 is 18.0. The van der Waals surface area contributed by atoms with Crippen LogP contribution >= 0.6 is 0 Å². The minimum atomic E-state index is -0.479. The van der Waals surface area contributed by atoms with Crippen LogP contribution in [-0.2, 0) is 29.0 Å². The molecule has 0 aliphatic rings. The van der Waals surface area contributed by atoms with E-state index in [1.807, 2.05) is 68.4 Å². The number of carbonyl (C=O) groups excluding carboxylic acids is 2. The number of fused-ring (bicyclic) bond motifs is 1. The minimum Gasteiger partial charge on any atom is -0.480 e. The Morgan fingerprint density at radius 2 is 1.64 bits per heavy atom. The van der Waals surface area contributed by atoms with Crippen LogP contribution in [0.15, 0.2) is 60.8 Å². The molecule has 0 aliphatic heterocycles. The first-order valence-corrected chi connectivity index (χ1v) is 11.8. The van der Waals surface area contributed by atoms with Gasteiger partial charge in [0.2, 0.25) is 11.8 Å². The molecule has 0 unspecified atom stereocenters. The van der Waals surface area contributed by atoms with Crippen molar-refractivity contribution >= 4 is 23.0 Å². The molecule has 2 heterocycles. The van der Waals surface area contributed by atoms with Gasteiger partial charge in [-0.05, 0) is 29.5 Å². The highest BCUT2D eigenvalue weighted by molar-refractivity contribution is 5.92. The number of aromatic nitrogens is 3. The van der Waals surface area contributed by atoms with E-state index in [0.717, 1.165) is 16.5 Å². The lowest BCUT2D eigenvalue weighted by Gasteiger charge is -2.14. The van der Waals surface area contributed by atoms with Crippen molar-refractivity contribution in [3.8, 4) is 11.8 Å². The van der Waals surface area contributed by atoms with Crippen LogP contribution < -0.4 is 9.47 Å². The lowest BCUT2D eigenvalue weighted by Crippen LogP contribution is -2.13. The van der Waals surface area contributed by atoms with Crippen molar-refractivity contribution in [1.82, 2.24) is 14.5 Å². The number of esters is 1. The summed E-state index contributed by atoms with van der Waals surface area (Å²) in [6, 6.07) is 17.1. The predicted molar refractivity (Wildman–Crippen MR) is 135 cm³/mol. The van der Waals surface area contributed by atoms with Crippen LogP contribution in [0.4, 0.5) is 4.79 Å². The molecule has 8 heteroatoms. The molecule has 8 nitrogen and oxygen atoms in total. The number of para-hydroxylation sites is 1. The molecule has 0 aliphatic carbocycles. The maximum Gasteiger partial charge on any atom is 0.418 e. The number of carbonyl (C=O) groups is 2. The van der Waals surface area contributed by atoms with E-state index in [-0.39, 0.29) is 18.4 Å². The van der Waals surface area contributed by atoms with E-state index in [0.29, 0.717) is 35.6 Å². The number of hydrogen-bond donors (Lipinski definition) is 0. The van der Waals surface area contributed by atoms with Gasteiger partial charge in [-0.25, -0.2) is 14.8 Å². The molecule has 0 fully saturated rings. The lowest BCUT2D eigenvalue weighted by molar-refractivity contribution is -0.132. The van der Waals surface area contributed by atoms with Gasteiger partial charge in [-0.3, -0.25) is 9.36 Å². The van der Waals surface area contributed by atoms with Gasteiger partial charge < -0.3 is 14.2 Å². The molecule has 0 atom stereocenters. The van der Waals surface area contributed by atoms with Gasteiger partial charge >= 0.3 is 12.1 Å². The van der Waals surface area contributed by atoms with Gasteiger partial charge in [-0.15, -0.1) is 0 Å². The van der Waals surface area contributed by atoms with Crippen molar-refractivity contribution in [2.45, 2.75) is 40.2 Å². The quantitative estimate of drug-likeness (QED) is 0.310. The summed E-state index contributed by atoms with van der Waals surface area (Å²) in [4.78, 5) is 33.9. The molecule has 0 saturated carbocycles. The zero-order chi connectivity index (χ0) is 25.7. The van der Waals surface area contributed by atoms with Crippen LogP contribution in [0.25, 0.3) is 10.9 Å². The number of benzene rings is 2. The molecule has 4 aromatic rings.